The summed E-state index contributed by atoms with van der Waals surface area (Å²) in [6.07, 6.45) is 2.93. The largest absolute Gasteiger partial charge is 0.346 e. The number of thioether (sulfide) groups is 2. The molecule has 3 aromatic rings. The van der Waals surface area contributed by atoms with Gasteiger partial charge in [0.25, 0.3) is 0 Å². The minimum Gasteiger partial charge on any atom is -0.346 e. The molecule has 0 radical (unpaired) electrons. The van der Waals surface area contributed by atoms with Crippen molar-refractivity contribution in [2.24, 2.45) is 0 Å². The van der Waals surface area contributed by atoms with Gasteiger partial charge in [0, 0.05) is 11.3 Å². The summed E-state index contributed by atoms with van der Waals surface area (Å²) in [4.78, 5) is 34.1. The van der Waals surface area contributed by atoms with Crippen LogP contribution >= 0.6 is 23.5 Å². The zero-order valence-corrected chi connectivity index (χ0v) is 17.6. The molecular weight excluding hydrogens is 404 g/mol. The van der Waals surface area contributed by atoms with Crippen LogP contribution in [0.3, 0.4) is 0 Å². The fourth-order valence-corrected chi connectivity index (χ4v) is 4.88. The average molecular weight is 427 g/mol. The van der Waals surface area contributed by atoms with Gasteiger partial charge in [-0.05, 0) is 42.7 Å². The first-order valence-electron chi connectivity index (χ1n) is 9.43. The second-order valence-corrected chi connectivity index (χ2v) is 9.07. The summed E-state index contributed by atoms with van der Waals surface area (Å²) in [5, 5.41) is 5.53. The predicted molar refractivity (Wildman–Crippen MR) is 119 cm³/mol. The molecule has 2 heterocycles. The van der Waals surface area contributed by atoms with Crippen LogP contribution < -0.4 is 10.6 Å². The van der Waals surface area contributed by atoms with Gasteiger partial charge in [-0.25, -0.2) is 4.98 Å². The molecule has 3 N–H and O–H groups in total. The van der Waals surface area contributed by atoms with E-state index in [-0.39, 0.29) is 24.3 Å². The quantitative estimate of drug-likeness (QED) is 0.532. The van der Waals surface area contributed by atoms with Crippen molar-refractivity contribution in [3.63, 3.8) is 0 Å². The third kappa shape index (κ3) is 4.59. The number of H-pyrrole nitrogens is 1. The highest BCUT2D eigenvalue weighted by atomic mass is 32.2. The normalized spacial score (nSPS) is 16.9. The zero-order chi connectivity index (χ0) is 20.2. The second-order valence-electron chi connectivity index (χ2n) is 6.84. The van der Waals surface area contributed by atoms with E-state index in [1.165, 1.54) is 11.8 Å². The van der Waals surface area contributed by atoms with E-state index < -0.39 is 5.25 Å². The fraction of sp³-hybridized carbons (Fsp3) is 0.286. The van der Waals surface area contributed by atoms with Crippen LogP contribution in [0, 0.1) is 0 Å². The maximum atomic E-state index is 12.8. The highest BCUT2D eigenvalue weighted by molar-refractivity contribution is 8.01. The summed E-state index contributed by atoms with van der Waals surface area (Å²) in [7, 11) is 0. The van der Waals surface area contributed by atoms with Gasteiger partial charge in [0.05, 0.1) is 28.0 Å². The molecule has 0 spiro atoms. The lowest BCUT2D eigenvalue weighted by atomic mass is 10.2. The SMILES string of the molecule is CSCC[C@@H](NC(=O)C[C@H]1Sc2ccccc2NC1=O)c1nc2ccccc2[nH]1. The maximum Gasteiger partial charge on any atom is 0.238 e. The van der Waals surface area contributed by atoms with Crippen molar-refractivity contribution >= 4 is 52.1 Å². The summed E-state index contributed by atoms with van der Waals surface area (Å²) in [6, 6.07) is 15.2. The number of nitrogens with one attached hydrogen (secondary N) is 3. The van der Waals surface area contributed by atoms with Crippen molar-refractivity contribution in [2.45, 2.75) is 29.0 Å². The zero-order valence-electron chi connectivity index (χ0n) is 16.0. The minimum absolute atomic E-state index is 0.126. The van der Waals surface area contributed by atoms with Crippen LogP contribution in [-0.2, 0) is 9.59 Å². The van der Waals surface area contributed by atoms with Gasteiger partial charge in [-0.2, -0.15) is 11.8 Å². The molecule has 1 aliphatic heterocycles. The number of benzene rings is 2. The third-order valence-corrected chi connectivity index (χ3v) is 6.68. The Morgan fingerprint density at radius 2 is 2.03 bits per heavy atom. The summed E-state index contributed by atoms with van der Waals surface area (Å²) >= 11 is 3.16. The van der Waals surface area contributed by atoms with E-state index >= 15 is 0 Å². The molecular formula is C21H22N4O2S2. The molecule has 0 fully saturated rings. The standard InChI is InChI=1S/C21H22N4O2S2/c1-28-11-10-16(20-23-13-6-2-3-7-14(13)24-20)22-19(26)12-18-21(27)25-15-8-4-5-9-17(15)29-18/h2-9,16,18H,10-12H2,1H3,(H,22,26)(H,23,24)(H,25,27)/t16-,18-/m1/s1. The molecule has 2 amide bonds. The topological polar surface area (TPSA) is 86.9 Å². The number of aromatic nitrogens is 2. The predicted octanol–water partition coefficient (Wildman–Crippen LogP) is 3.98. The van der Waals surface area contributed by atoms with Gasteiger partial charge in [0.1, 0.15) is 5.82 Å². The number of amides is 2. The van der Waals surface area contributed by atoms with Crippen molar-refractivity contribution in [1.82, 2.24) is 15.3 Å². The number of fused-ring (bicyclic) bond motifs is 2. The van der Waals surface area contributed by atoms with Gasteiger partial charge in [0.15, 0.2) is 0 Å². The Labute approximate surface area is 177 Å². The number of rotatable bonds is 7. The molecule has 0 saturated carbocycles. The number of hydrogen-bond donors (Lipinski definition) is 3. The summed E-state index contributed by atoms with van der Waals surface area (Å²) < 4.78 is 0. The molecule has 1 aromatic heterocycles. The number of aromatic amines is 1. The van der Waals surface area contributed by atoms with E-state index in [0.29, 0.717) is 0 Å². The number of para-hydroxylation sites is 3. The van der Waals surface area contributed by atoms with Gasteiger partial charge in [-0.1, -0.05) is 24.3 Å². The molecule has 0 saturated heterocycles. The van der Waals surface area contributed by atoms with Crippen molar-refractivity contribution < 1.29 is 9.59 Å². The summed E-state index contributed by atoms with van der Waals surface area (Å²) in [6.45, 7) is 0. The van der Waals surface area contributed by atoms with Crippen molar-refractivity contribution in [1.29, 1.82) is 0 Å². The molecule has 8 heteroatoms. The lowest BCUT2D eigenvalue weighted by Gasteiger charge is -2.24. The molecule has 0 unspecified atom stereocenters. The van der Waals surface area contributed by atoms with E-state index in [9.17, 15) is 9.59 Å². The Balaban J connectivity index is 1.46. The minimum atomic E-state index is -0.443. The Morgan fingerprint density at radius 1 is 1.24 bits per heavy atom. The molecule has 2 aromatic carbocycles. The molecule has 150 valence electrons. The smallest absolute Gasteiger partial charge is 0.238 e. The maximum absolute atomic E-state index is 12.8. The van der Waals surface area contributed by atoms with Gasteiger partial charge in [0.2, 0.25) is 11.8 Å². The first-order valence-corrected chi connectivity index (χ1v) is 11.7. The van der Waals surface area contributed by atoms with Crippen molar-refractivity contribution in [3.05, 3.63) is 54.4 Å². The first-order chi connectivity index (χ1) is 14.1. The number of carbonyl (C=O) groups is 2. The molecule has 29 heavy (non-hydrogen) atoms. The molecule has 1 aliphatic rings. The third-order valence-electron chi connectivity index (χ3n) is 4.76. The van der Waals surface area contributed by atoms with Crippen LogP contribution in [0.15, 0.2) is 53.4 Å². The Morgan fingerprint density at radius 3 is 2.86 bits per heavy atom. The number of nitrogens with zero attached hydrogens (tertiary/aromatic N) is 1. The van der Waals surface area contributed by atoms with Gasteiger partial charge in [-0.15, -0.1) is 11.8 Å². The van der Waals surface area contributed by atoms with Crippen molar-refractivity contribution in [2.75, 3.05) is 17.3 Å². The number of hydrogen-bond acceptors (Lipinski definition) is 5. The Bertz CT molecular complexity index is 1000. The highest BCUT2D eigenvalue weighted by Gasteiger charge is 2.30. The molecule has 2 atom stereocenters. The number of carbonyl (C=O) groups excluding carboxylic acids is 2. The van der Waals surface area contributed by atoms with Gasteiger partial charge >= 0.3 is 0 Å². The van der Waals surface area contributed by atoms with Crippen LogP contribution in [0.4, 0.5) is 5.69 Å². The average Bonchev–Trinajstić information content (AvgIpc) is 3.16. The first kappa shape index (κ1) is 19.8. The summed E-state index contributed by atoms with van der Waals surface area (Å²) in [5.41, 5.74) is 2.63. The van der Waals surface area contributed by atoms with Crippen LogP contribution in [0.1, 0.15) is 24.7 Å². The van der Waals surface area contributed by atoms with E-state index in [4.69, 9.17) is 0 Å². The Hall–Kier alpha value is -2.45. The van der Waals surface area contributed by atoms with E-state index in [1.807, 2.05) is 54.8 Å². The molecule has 6 nitrogen and oxygen atoms in total. The van der Waals surface area contributed by atoms with Crippen LogP contribution in [0.5, 0.6) is 0 Å². The summed E-state index contributed by atoms with van der Waals surface area (Å²) in [5.74, 6) is 1.37. The van der Waals surface area contributed by atoms with Crippen LogP contribution in [0.2, 0.25) is 0 Å². The van der Waals surface area contributed by atoms with Gasteiger partial charge in [-0.3, -0.25) is 9.59 Å². The number of imidazole rings is 1. The van der Waals surface area contributed by atoms with Crippen LogP contribution in [0.25, 0.3) is 11.0 Å². The van der Waals surface area contributed by atoms with E-state index in [0.717, 1.165) is 39.6 Å². The number of anilines is 1. The lowest BCUT2D eigenvalue weighted by Crippen LogP contribution is -2.36. The molecule has 0 bridgehead atoms. The van der Waals surface area contributed by atoms with Gasteiger partial charge < -0.3 is 15.6 Å². The lowest BCUT2D eigenvalue weighted by molar-refractivity contribution is -0.124. The fourth-order valence-electron chi connectivity index (χ4n) is 3.30. The van der Waals surface area contributed by atoms with E-state index in [1.54, 1.807) is 11.8 Å². The monoisotopic (exact) mass is 426 g/mol. The second kappa shape index (κ2) is 8.92. The van der Waals surface area contributed by atoms with Crippen molar-refractivity contribution in [3.8, 4) is 0 Å². The Kier molecular flexibility index (Phi) is 6.10. The van der Waals surface area contributed by atoms with E-state index in [2.05, 4.69) is 20.6 Å². The van der Waals surface area contributed by atoms with Crippen LogP contribution in [-0.4, -0.2) is 39.0 Å². The highest BCUT2D eigenvalue weighted by Crippen LogP contribution is 2.36. The molecule has 0 aliphatic carbocycles. The molecule has 4 rings (SSSR count).